The number of hydrogen-bond acceptors (Lipinski definition) is 6. The maximum absolute atomic E-state index is 13.5. The number of nitrogens with zero attached hydrogens (tertiary/aromatic N) is 2. The first kappa shape index (κ1) is 12.3. The van der Waals surface area contributed by atoms with E-state index in [0.717, 1.165) is 0 Å². The first-order chi connectivity index (χ1) is 8.72. The van der Waals surface area contributed by atoms with Gasteiger partial charge < -0.3 is 20.2 Å². The molecule has 0 spiro atoms. The Balaban J connectivity index is 2.16. The van der Waals surface area contributed by atoms with Gasteiger partial charge in [-0.2, -0.15) is 0 Å². The molecule has 0 radical (unpaired) electrons. The summed E-state index contributed by atoms with van der Waals surface area (Å²) in [6.45, 7) is 0.412. The molecule has 18 heavy (non-hydrogen) atoms. The van der Waals surface area contributed by atoms with E-state index < -0.39 is 5.82 Å². The van der Waals surface area contributed by atoms with E-state index >= 15 is 0 Å². The highest BCUT2D eigenvalue weighted by atomic mass is 19.1. The maximum atomic E-state index is 13.5. The van der Waals surface area contributed by atoms with E-state index in [1.165, 1.54) is 25.3 Å². The van der Waals surface area contributed by atoms with E-state index in [1.807, 2.05) is 0 Å². The van der Waals surface area contributed by atoms with Crippen molar-refractivity contribution in [3.63, 3.8) is 0 Å². The van der Waals surface area contributed by atoms with Gasteiger partial charge >= 0.3 is 6.01 Å². The van der Waals surface area contributed by atoms with Crippen LogP contribution < -0.4 is 15.8 Å². The zero-order valence-electron chi connectivity index (χ0n) is 9.81. The van der Waals surface area contributed by atoms with Gasteiger partial charge in [-0.25, -0.2) is 4.39 Å². The van der Waals surface area contributed by atoms with E-state index in [9.17, 15) is 4.39 Å². The number of hydrogen-bond donors (Lipinski definition) is 2. The fourth-order valence-corrected chi connectivity index (χ4v) is 1.37. The quantitative estimate of drug-likeness (QED) is 0.837. The van der Waals surface area contributed by atoms with E-state index in [4.69, 9.17) is 14.9 Å². The molecular formula is C11H13FN4O2. The normalized spacial score (nSPS) is 10.4. The molecule has 0 saturated heterocycles. The Morgan fingerprint density at radius 3 is 3.00 bits per heavy atom. The van der Waals surface area contributed by atoms with Crippen LogP contribution in [0.5, 0.6) is 5.75 Å². The molecule has 2 rings (SSSR count). The summed E-state index contributed by atoms with van der Waals surface area (Å²) < 4.78 is 23.8. The Bertz CT molecular complexity index is 530. The van der Waals surface area contributed by atoms with Gasteiger partial charge in [0.15, 0.2) is 0 Å². The average molecular weight is 252 g/mol. The van der Waals surface area contributed by atoms with Crippen LogP contribution in [0.25, 0.3) is 0 Å². The van der Waals surface area contributed by atoms with Gasteiger partial charge in [0.25, 0.3) is 0 Å². The lowest BCUT2D eigenvalue weighted by Crippen LogP contribution is -2.02. The number of nitrogens with two attached hydrogens (primary N) is 1. The molecule has 3 N–H and O–H groups in total. The summed E-state index contributed by atoms with van der Waals surface area (Å²) in [7, 11) is 1.50. The first-order valence-corrected chi connectivity index (χ1v) is 5.36. The fourth-order valence-electron chi connectivity index (χ4n) is 1.37. The van der Waals surface area contributed by atoms with Gasteiger partial charge in [0.2, 0.25) is 5.89 Å². The van der Waals surface area contributed by atoms with Crippen molar-refractivity contribution in [3.8, 4) is 5.75 Å². The van der Waals surface area contributed by atoms with Crippen LogP contribution >= 0.6 is 0 Å². The minimum atomic E-state index is -0.436. The van der Waals surface area contributed by atoms with E-state index in [-0.39, 0.29) is 11.7 Å². The standard InChI is InChI=1S/C11H13FN4O2/c1-17-7-2-3-8(12)9(6-7)14-11-16-15-10(18-11)4-5-13/h2-3,6H,4-5,13H2,1H3,(H,14,16). The predicted molar refractivity (Wildman–Crippen MR) is 63.3 cm³/mol. The second kappa shape index (κ2) is 5.46. The number of halogens is 1. The molecule has 0 aliphatic carbocycles. The molecule has 0 fully saturated rings. The maximum Gasteiger partial charge on any atom is 0.320 e. The number of rotatable bonds is 5. The summed E-state index contributed by atoms with van der Waals surface area (Å²) in [5.41, 5.74) is 5.57. The van der Waals surface area contributed by atoms with Gasteiger partial charge in [-0.3, -0.25) is 0 Å². The molecule has 1 aromatic heterocycles. The van der Waals surface area contributed by atoms with E-state index in [2.05, 4.69) is 15.5 Å². The van der Waals surface area contributed by atoms with Gasteiger partial charge in [0.05, 0.1) is 12.8 Å². The summed E-state index contributed by atoms with van der Waals surface area (Å²) in [5, 5.41) is 10.2. The Kier molecular flexibility index (Phi) is 3.73. The summed E-state index contributed by atoms with van der Waals surface area (Å²) in [6.07, 6.45) is 0.481. The van der Waals surface area contributed by atoms with Crippen molar-refractivity contribution in [2.75, 3.05) is 19.0 Å². The molecule has 1 aromatic carbocycles. The van der Waals surface area contributed by atoms with Gasteiger partial charge in [0.1, 0.15) is 11.6 Å². The summed E-state index contributed by atoms with van der Waals surface area (Å²) in [5.74, 6) is 0.498. The summed E-state index contributed by atoms with van der Waals surface area (Å²) in [4.78, 5) is 0. The number of benzene rings is 1. The summed E-state index contributed by atoms with van der Waals surface area (Å²) in [6, 6.07) is 4.43. The zero-order chi connectivity index (χ0) is 13.0. The molecule has 0 aliphatic rings. The van der Waals surface area contributed by atoms with Crippen LogP contribution in [0.1, 0.15) is 5.89 Å². The van der Waals surface area contributed by atoms with Crippen LogP contribution in [0.4, 0.5) is 16.1 Å². The number of nitrogens with one attached hydrogen (secondary N) is 1. The van der Waals surface area contributed by atoms with Crippen molar-refractivity contribution in [2.24, 2.45) is 5.73 Å². The number of ether oxygens (including phenoxy) is 1. The van der Waals surface area contributed by atoms with Gasteiger partial charge in [-0.15, -0.1) is 5.10 Å². The molecule has 7 heteroatoms. The predicted octanol–water partition coefficient (Wildman–Crippen LogP) is 1.46. The highest BCUT2D eigenvalue weighted by Crippen LogP contribution is 2.24. The Morgan fingerprint density at radius 1 is 1.44 bits per heavy atom. The molecule has 0 amide bonds. The second-order valence-corrected chi connectivity index (χ2v) is 3.51. The Morgan fingerprint density at radius 2 is 2.28 bits per heavy atom. The lowest BCUT2D eigenvalue weighted by molar-refractivity contribution is 0.414. The van der Waals surface area contributed by atoms with Crippen molar-refractivity contribution < 1.29 is 13.5 Å². The van der Waals surface area contributed by atoms with Crippen molar-refractivity contribution >= 4 is 11.7 Å². The van der Waals surface area contributed by atoms with Crippen molar-refractivity contribution in [2.45, 2.75) is 6.42 Å². The van der Waals surface area contributed by atoms with E-state index in [1.54, 1.807) is 0 Å². The monoisotopic (exact) mass is 252 g/mol. The molecule has 0 bridgehead atoms. The third-order valence-corrected chi connectivity index (χ3v) is 2.24. The van der Waals surface area contributed by atoms with Crippen molar-refractivity contribution in [1.82, 2.24) is 10.2 Å². The van der Waals surface area contributed by atoms with Crippen LogP contribution in [0, 0.1) is 5.82 Å². The molecule has 0 saturated carbocycles. The zero-order valence-corrected chi connectivity index (χ0v) is 9.81. The third-order valence-electron chi connectivity index (χ3n) is 2.24. The smallest absolute Gasteiger partial charge is 0.320 e. The van der Waals surface area contributed by atoms with Crippen LogP contribution in [-0.4, -0.2) is 23.9 Å². The number of aromatic nitrogens is 2. The molecule has 0 unspecified atom stereocenters. The van der Waals surface area contributed by atoms with Crippen LogP contribution in [0.15, 0.2) is 22.6 Å². The minimum Gasteiger partial charge on any atom is -0.497 e. The molecule has 1 heterocycles. The topological polar surface area (TPSA) is 86.2 Å². The first-order valence-electron chi connectivity index (χ1n) is 5.36. The van der Waals surface area contributed by atoms with Gasteiger partial charge in [0, 0.05) is 19.0 Å². The molecule has 96 valence electrons. The van der Waals surface area contributed by atoms with E-state index in [0.29, 0.717) is 24.6 Å². The molecule has 0 aliphatic heterocycles. The fraction of sp³-hybridized carbons (Fsp3) is 0.273. The minimum absolute atomic E-state index is 0.116. The largest absolute Gasteiger partial charge is 0.497 e. The molecular weight excluding hydrogens is 239 g/mol. The highest BCUT2D eigenvalue weighted by Gasteiger charge is 2.09. The lowest BCUT2D eigenvalue weighted by atomic mass is 10.3. The Labute approximate surface area is 103 Å². The molecule has 2 aromatic rings. The Hall–Kier alpha value is -2.15. The van der Waals surface area contributed by atoms with Crippen molar-refractivity contribution in [3.05, 3.63) is 29.9 Å². The van der Waals surface area contributed by atoms with Gasteiger partial charge in [-0.1, -0.05) is 5.10 Å². The molecule has 0 atom stereocenters. The third kappa shape index (κ3) is 2.75. The lowest BCUT2D eigenvalue weighted by Gasteiger charge is -2.05. The van der Waals surface area contributed by atoms with Gasteiger partial charge in [-0.05, 0) is 12.1 Å². The SMILES string of the molecule is COc1ccc(F)c(Nc2nnc(CCN)o2)c1. The molecule has 6 nitrogen and oxygen atoms in total. The van der Waals surface area contributed by atoms with Crippen molar-refractivity contribution in [1.29, 1.82) is 0 Å². The number of anilines is 2. The number of methoxy groups -OCH3 is 1. The average Bonchev–Trinajstić information content (AvgIpc) is 2.80. The van der Waals surface area contributed by atoms with Crippen LogP contribution in [0.3, 0.4) is 0 Å². The van der Waals surface area contributed by atoms with Crippen LogP contribution in [-0.2, 0) is 6.42 Å². The summed E-state index contributed by atoms with van der Waals surface area (Å²) >= 11 is 0. The highest BCUT2D eigenvalue weighted by molar-refractivity contribution is 5.55. The van der Waals surface area contributed by atoms with Crippen LogP contribution in [0.2, 0.25) is 0 Å². The second-order valence-electron chi connectivity index (χ2n) is 3.51.